The van der Waals surface area contributed by atoms with Crippen LogP contribution < -0.4 is 10.5 Å². The second-order valence-corrected chi connectivity index (χ2v) is 8.39. The summed E-state index contributed by atoms with van der Waals surface area (Å²) in [5.41, 5.74) is 4.46. The van der Waals surface area contributed by atoms with Gasteiger partial charge in [0.15, 0.2) is 0 Å². The molecule has 0 bridgehead atoms. The predicted molar refractivity (Wildman–Crippen MR) is 113 cm³/mol. The van der Waals surface area contributed by atoms with Crippen molar-refractivity contribution in [2.75, 3.05) is 5.32 Å². The van der Waals surface area contributed by atoms with Gasteiger partial charge in [0.1, 0.15) is 0 Å². The van der Waals surface area contributed by atoms with Gasteiger partial charge < -0.3 is 5.32 Å². The van der Waals surface area contributed by atoms with Gasteiger partial charge in [-0.3, -0.25) is 0 Å². The molecule has 0 heterocycles. The second-order valence-electron chi connectivity index (χ2n) is 6.30. The van der Waals surface area contributed by atoms with Gasteiger partial charge in [-0.2, -0.15) is 0 Å². The Labute approximate surface area is 168 Å². The van der Waals surface area contributed by atoms with Crippen molar-refractivity contribution in [3.63, 3.8) is 0 Å². The largest absolute Gasteiger partial charge is 0.381 e. The monoisotopic (exact) mass is 444 g/mol. The van der Waals surface area contributed by atoms with E-state index in [4.69, 9.17) is 5.14 Å². The van der Waals surface area contributed by atoms with Gasteiger partial charge >= 0.3 is 0 Å². The highest BCUT2D eigenvalue weighted by molar-refractivity contribution is 9.08. The number of halogens is 1. The first-order chi connectivity index (χ1) is 13.0. The van der Waals surface area contributed by atoms with Gasteiger partial charge in [0.05, 0.1) is 4.90 Å². The summed E-state index contributed by atoms with van der Waals surface area (Å²) in [5.74, 6) is 0. The van der Waals surface area contributed by atoms with Crippen molar-refractivity contribution in [2.24, 2.45) is 5.14 Å². The fourth-order valence-electron chi connectivity index (χ4n) is 2.97. The van der Waals surface area contributed by atoms with Crippen molar-refractivity contribution in [1.29, 1.82) is 0 Å². The summed E-state index contributed by atoms with van der Waals surface area (Å²) in [6, 6.07) is 23.4. The maximum absolute atomic E-state index is 12.3. The molecule has 27 heavy (non-hydrogen) atoms. The first-order valence-electron chi connectivity index (χ1n) is 8.53. The molecule has 140 valence electrons. The fraction of sp³-hybridized carbons (Fsp3) is 0.143. The van der Waals surface area contributed by atoms with Crippen LogP contribution in [0.15, 0.2) is 77.7 Å². The molecule has 0 unspecified atom stereocenters. The zero-order chi connectivity index (χ0) is 19.3. The molecule has 0 aromatic heterocycles. The predicted octanol–water partition coefficient (Wildman–Crippen LogP) is 4.43. The highest BCUT2D eigenvalue weighted by Gasteiger charge is 2.19. The van der Waals surface area contributed by atoms with Gasteiger partial charge in [-0.15, -0.1) is 0 Å². The molecule has 3 aromatic carbocycles. The Morgan fingerprint density at radius 3 is 2.00 bits per heavy atom. The third-order valence-electron chi connectivity index (χ3n) is 4.28. The van der Waals surface area contributed by atoms with Crippen LogP contribution in [0, 0.1) is 0 Å². The number of hydrogen-bond acceptors (Lipinski definition) is 3. The summed E-state index contributed by atoms with van der Waals surface area (Å²) >= 11 is 3.42. The van der Waals surface area contributed by atoms with E-state index in [-0.39, 0.29) is 4.90 Å². The maximum atomic E-state index is 12.3. The zero-order valence-corrected chi connectivity index (χ0v) is 17.1. The van der Waals surface area contributed by atoms with Gasteiger partial charge in [0, 0.05) is 24.0 Å². The van der Waals surface area contributed by atoms with E-state index in [1.807, 2.05) is 66.7 Å². The van der Waals surface area contributed by atoms with Crippen LogP contribution in [0.4, 0.5) is 5.69 Å². The Bertz CT molecular complexity index is 1010. The van der Waals surface area contributed by atoms with Crippen LogP contribution in [0.2, 0.25) is 0 Å². The van der Waals surface area contributed by atoms with Crippen LogP contribution in [0.5, 0.6) is 0 Å². The summed E-state index contributed by atoms with van der Waals surface area (Å²) in [6.45, 7) is 0.596. The van der Waals surface area contributed by atoms with Crippen LogP contribution >= 0.6 is 15.9 Å². The number of nitrogens with two attached hydrogens (primary N) is 1. The molecule has 0 saturated carbocycles. The number of anilines is 1. The summed E-state index contributed by atoms with van der Waals surface area (Å²) < 4.78 is 24.5. The van der Waals surface area contributed by atoms with Gasteiger partial charge in [0.2, 0.25) is 10.0 Å². The van der Waals surface area contributed by atoms with Gasteiger partial charge in [0.25, 0.3) is 0 Å². The molecule has 0 amide bonds. The topological polar surface area (TPSA) is 72.2 Å². The molecular formula is C21H21BrN2O2S. The van der Waals surface area contributed by atoms with Crippen molar-refractivity contribution in [2.45, 2.75) is 23.2 Å². The highest BCUT2D eigenvalue weighted by atomic mass is 79.9. The Morgan fingerprint density at radius 2 is 1.44 bits per heavy atom. The van der Waals surface area contributed by atoms with E-state index in [9.17, 15) is 8.42 Å². The van der Waals surface area contributed by atoms with Gasteiger partial charge in [-0.25, -0.2) is 13.6 Å². The molecule has 6 heteroatoms. The van der Waals surface area contributed by atoms with Crippen molar-refractivity contribution in [3.8, 4) is 0 Å². The molecule has 0 spiro atoms. The molecule has 4 nitrogen and oxygen atoms in total. The average molecular weight is 445 g/mol. The van der Waals surface area contributed by atoms with E-state index in [0.29, 0.717) is 23.9 Å². The number of rotatable bonds is 7. The molecule has 3 aromatic rings. The lowest BCUT2D eigenvalue weighted by Crippen LogP contribution is -2.17. The number of primary sulfonamides is 1. The molecule has 0 radical (unpaired) electrons. The lowest BCUT2D eigenvalue weighted by molar-refractivity contribution is 0.597. The van der Waals surface area contributed by atoms with E-state index in [0.717, 1.165) is 22.4 Å². The molecule has 3 rings (SSSR count). The number of hydrogen-bond donors (Lipinski definition) is 2. The molecule has 0 saturated heterocycles. The van der Waals surface area contributed by atoms with Crippen molar-refractivity contribution >= 4 is 31.6 Å². The molecule has 0 atom stereocenters. The van der Waals surface area contributed by atoms with Gasteiger partial charge in [-0.05, 0) is 34.4 Å². The molecule has 3 N–H and O–H groups in total. The molecule has 0 aliphatic heterocycles. The van der Waals surface area contributed by atoms with E-state index in [2.05, 4.69) is 21.2 Å². The smallest absolute Gasteiger partial charge is 0.238 e. The zero-order valence-electron chi connectivity index (χ0n) is 14.7. The molecule has 0 aliphatic rings. The Balaban J connectivity index is 2.05. The fourth-order valence-corrected chi connectivity index (χ4v) is 4.13. The summed E-state index contributed by atoms with van der Waals surface area (Å²) in [4.78, 5) is 0.166. The standard InChI is InChI=1S/C21H21BrN2O2S/c22-14-18-12-20(24-15-17-9-5-2-6-10-17)19(21(13-18)27(23,25)26)11-16-7-3-1-4-8-16/h1-10,12-13,24H,11,14-15H2,(H2,23,25,26). The van der Waals surface area contributed by atoms with E-state index < -0.39 is 10.0 Å². The quantitative estimate of drug-likeness (QED) is 0.529. The maximum Gasteiger partial charge on any atom is 0.238 e. The summed E-state index contributed by atoms with van der Waals surface area (Å²) in [5, 5.41) is 9.48. The van der Waals surface area contributed by atoms with Crippen LogP contribution in [0.3, 0.4) is 0 Å². The van der Waals surface area contributed by atoms with Crippen LogP contribution in [-0.4, -0.2) is 8.42 Å². The SMILES string of the molecule is NS(=O)(=O)c1cc(CBr)cc(NCc2ccccc2)c1Cc1ccccc1. The normalized spacial score (nSPS) is 11.3. The van der Waals surface area contributed by atoms with Crippen LogP contribution in [0.25, 0.3) is 0 Å². The van der Waals surface area contributed by atoms with Crippen molar-refractivity contribution in [3.05, 3.63) is 95.1 Å². The molecule has 0 fully saturated rings. The van der Waals surface area contributed by atoms with Crippen LogP contribution in [0.1, 0.15) is 22.3 Å². The Hall–Kier alpha value is -2.15. The molecule has 0 aliphatic carbocycles. The number of sulfonamides is 1. The van der Waals surface area contributed by atoms with Crippen molar-refractivity contribution < 1.29 is 8.42 Å². The average Bonchev–Trinajstić information content (AvgIpc) is 2.67. The minimum absolute atomic E-state index is 0.166. The second kappa shape index (κ2) is 8.69. The van der Waals surface area contributed by atoms with E-state index >= 15 is 0 Å². The lowest BCUT2D eigenvalue weighted by atomic mass is 10.0. The third-order valence-corrected chi connectivity index (χ3v) is 5.90. The van der Waals surface area contributed by atoms with E-state index in [1.54, 1.807) is 6.07 Å². The minimum Gasteiger partial charge on any atom is -0.381 e. The van der Waals surface area contributed by atoms with E-state index in [1.165, 1.54) is 0 Å². The Kier molecular flexibility index (Phi) is 6.31. The molecular weight excluding hydrogens is 424 g/mol. The van der Waals surface area contributed by atoms with Crippen LogP contribution in [-0.2, 0) is 28.3 Å². The Morgan fingerprint density at radius 1 is 0.852 bits per heavy atom. The minimum atomic E-state index is -3.85. The van der Waals surface area contributed by atoms with Crippen molar-refractivity contribution in [1.82, 2.24) is 0 Å². The number of alkyl halides is 1. The number of nitrogens with one attached hydrogen (secondary N) is 1. The first kappa shape index (κ1) is 19.6. The third kappa shape index (κ3) is 5.19. The lowest BCUT2D eigenvalue weighted by Gasteiger charge is -2.17. The number of benzene rings is 3. The van der Waals surface area contributed by atoms with Gasteiger partial charge in [-0.1, -0.05) is 76.6 Å². The summed E-state index contributed by atoms with van der Waals surface area (Å²) in [7, 11) is -3.85. The first-order valence-corrected chi connectivity index (χ1v) is 11.2. The summed E-state index contributed by atoms with van der Waals surface area (Å²) in [6.07, 6.45) is 0.478. The highest BCUT2D eigenvalue weighted by Crippen LogP contribution is 2.29.